The Morgan fingerprint density at radius 2 is 1.90 bits per heavy atom. The highest BCUT2D eigenvalue weighted by atomic mass is 32.2. The molecule has 1 saturated carbocycles. The van der Waals surface area contributed by atoms with E-state index in [4.69, 9.17) is 14.7 Å². The van der Waals surface area contributed by atoms with Crippen molar-refractivity contribution >= 4 is 16.2 Å². The lowest BCUT2D eigenvalue weighted by molar-refractivity contribution is 0.157. The molecule has 1 aromatic heterocycles. The van der Waals surface area contributed by atoms with Crippen LogP contribution in [0.25, 0.3) is 0 Å². The number of carbonyl (C=O) groups excluding carboxylic acids is 1. The van der Waals surface area contributed by atoms with Crippen LogP contribution in [0.4, 0.5) is 13.6 Å². The summed E-state index contributed by atoms with van der Waals surface area (Å²) in [7, 11) is -4.46. The Kier molecular flexibility index (Phi) is 6.30. The highest BCUT2D eigenvalue weighted by Gasteiger charge is 2.34. The summed E-state index contributed by atoms with van der Waals surface area (Å²) >= 11 is 0. The summed E-state index contributed by atoms with van der Waals surface area (Å²) in [5, 5.41) is -0.164. The SMILES string of the molecule is CC(C)c1nc(CCOC(N)=O)n(CC2CC2)c1S(=O)(=O)Oc1cc(F)cc(F)c1. The second-order valence-corrected chi connectivity index (χ2v) is 8.95. The predicted octanol–water partition coefficient (Wildman–Crippen LogP) is 3.10. The maximum atomic E-state index is 13.5. The summed E-state index contributed by atoms with van der Waals surface area (Å²) in [6.45, 7) is 3.87. The number of amides is 1. The number of hydrogen-bond donors (Lipinski definition) is 1. The third kappa shape index (κ3) is 5.26. The van der Waals surface area contributed by atoms with Gasteiger partial charge in [-0.05, 0) is 24.7 Å². The van der Waals surface area contributed by atoms with E-state index in [0.29, 0.717) is 18.4 Å². The number of aromatic nitrogens is 2. The Morgan fingerprint density at radius 3 is 2.43 bits per heavy atom. The van der Waals surface area contributed by atoms with Gasteiger partial charge in [-0.3, -0.25) is 0 Å². The molecule has 0 radical (unpaired) electrons. The zero-order chi connectivity index (χ0) is 22.1. The summed E-state index contributed by atoms with van der Waals surface area (Å²) < 4.78 is 64.6. The smallest absolute Gasteiger partial charge is 0.404 e. The monoisotopic (exact) mass is 443 g/mol. The van der Waals surface area contributed by atoms with Crippen LogP contribution in [0, 0.1) is 17.6 Å². The average Bonchev–Trinajstić information content (AvgIpc) is 3.33. The number of primary amides is 1. The van der Waals surface area contributed by atoms with Gasteiger partial charge in [0, 0.05) is 31.2 Å². The van der Waals surface area contributed by atoms with Crippen LogP contribution in [0.15, 0.2) is 23.2 Å². The largest absolute Gasteiger partial charge is 0.449 e. The highest BCUT2D eigenvalue weighted by Crippen LogP contribution is 2.35. The van der Waals surface area contributed by atoms with Gasteiger partial charge in [-0.25, -0.2) is 18.6 Å². The molecular weight excluding hydrogens is 420 g/mol. The summed E-state index contributed by atoms with van der Waals surface area (Å²) in [6.07, 6.45) is 1.10. The second kappa shape index (κ2) is 8.58. The van der Waals surface area contributed by atoms with Crippen molar-refractivity contribution in [2.75, 3.05) is 6.61 Å². The minimum absolute atomic E-state index is 0.0655. The Bertz CT molecular complexity index is 1030. The maximum absolute atomic E-state index is 13.5. The molecule has 0 unspecified atom stereocenters. The van der Waals surface area contributed by atoms with Crippen LogP contribution >= 0.6 is 0 Å². The molecule has 1 heterocycles. The topological polar surface area (TPSA) is 114 Å². The van der Waals surface area contributed by atoms with Gasteiger partial charge in [0.2, 0.25) is 0 Å². The first kappa shape index (κ1) is 22.0. The summed E-state index contributed by atoms with van der Waals surface area (Å²) in [5.41, 5.74) is 5.25. The number of carbonyl (C=O) groups is 1. The number of imidazole rings is 1. The molecule has 0 saturated heterocycles. The molecular formula is C19H23F2N3O5S. The summed E-state index contributed by atoms with van der Waals surface area (Å²) in [5.74, 6) is -1.98. The molecule has 2 N–H and O–H groups in total. The van der Waals surface area contributed by atoms with Crippen LogP contribution < -0.4 is 9.92 Å². The van der Waals surface area contributed by atoms with E-state index >= 15 is 0 Å². The fourth-order valence-electron chi connectivity index (χ4n) is 3.07. The minimum Gasteiger partial charge on any atom is -0.449 e. The van der Waals surface area contributed by atoms with E-state index in [1.54, 1.807) is 13.8 Å². The molecule has 0 bridgehead atoms. The first-order valence-corrected chi connectivity index (χ1v) is 10.9. The molecule has 8 nitrogen and oxygen atoms in total. The number of hydrogen-bond acceptors (Lipinski definition) is 6. The summed E-state index contributed by atoms with van der Waals surface area (Å²) in [6, 6.07) is 2.20. The van der Waals surface area contributed by atoms with Gasteiger partial charge in [-0.15, -0.1) is 0 Å². The molecule has 1 aliphatic rings. The van der Waals surface area contributed by atoms with Crippen LogP contribution in [-0.2, 0) is 27.8 Å². The quantitative estimate of drug-likeness (QED) is 0.596. The Hall–Kier alpha value is -2.69. The predicted molar refractivity (Wildman–Crippen MR) is 102 cm³/mol. The normalized spacial score (nSPS) is 14.2. The highest BCUT2D eigenvalue weighted by molar-refractivity contribution is 7.87. The standard InChI is InChI=1S/C19H23F2N3O5S/c1-11(2)17-18(30(26,27)29-15-8-13(20)7-14(21)9-15)24(10-12-3-4-12)16(23-17)5-6-28-19(22)25/h7-9,11-12H,3-6,10H2,1-2H3,(H2,22,25). The van der Waals surface area contributed by atoms with Crippen LogP contribution in [0.2, 0.25) is 0 Å². The van der Waals surface area contributed by atoms with Crippen molar-refractivity contribution in [3.05, 3.63) is 41.4 Å². The van der Waals surface area contributed by atoms with Gasteiger partial charge in [0.1, 0.15) is 29.8 Å². The Morgan fingerprint density at radius 1 is 1.27 bits per heavy atom. The number of nitrogens with two attached hydrogens (primary N) is 1. The molecule has 1 aliphatic carbocycles. The van der Waals surface area contributed by atoms with Crippen molar-refractivity contribution < 1.29 is 30.9 Å². The fraction of sp³-hybridized carbons (Fsp3) is 0.474. The van der Waals surface area contributed by atoms with Gasteiger partial charge in [0.05, 0.1) is 5.69 Å². The molecule has 0 aliphatic heterocycles. The molecule has 3 rings (SSSR count). The van der Waals surface area contributed by atoms with Crippen molar-refractivity contribution in [2.45, 2.75) is 50.6 Å². The third-order valence-electron chi connectivity index (χ3n) is 4.56. The zero-order valence-corrected chi connectivity index (χ0v) is 17.4. The van der Waals surface area contributed by atoms with Gasteiger partial charge in [0.15, 0.2) is 5.03 Å². The maximum Gasteiger partial charge on any atom is 0.404 e. The lowest BCUT2D eigenvalue weighted by Gasteiger charge is -2.14. The molecule has 0 spiro atoms. The van der Waals surface area contributed by atoms with Crippen LogP contribution in [0.1, 0.15) is 44.1 Å². The van der Waals surface area contributed by atoms with Crippen molar-refractivity contribution in [1.82, 2.24) is 9.55 Å². The van der Waals surface area contributed by atoms with E-state index in [-0.39, 0.29) is 35.6 Å². The number of ether oxygens (including phenoxy) is 1. The van der Waals surface area contributed by atoms with Gasteiger partial charge in [-0.1, -0.05) is 13.8 Å². The lowest BCUT2D eigenvalue weighted by atomic mass is 10.1. The van der Waals surface area contributed by atoms with Gasteiger partial charge >= 0.3 is 16.2 Å². The Labute approximate surface area is 173 Å². The molecule has 164 valence electrons. The molecule has 2 aromatic rings. The summed E-state index contributed by atoms with van der Waals surface area (Å²) in [4.78, 5) is 15.3. The van der Waals surface area contributed by atoms with Crippen molar-refractivity contribution in [2.24, 2.45) is 11.7 Å². The molecule has 1 amide bonds. The van der Waals surface area contributed by atoms with E-state index in [1.165, 1.54) is 4.57 Å². The molecule has 30 heavy (non-hydrogen) atoms. The first-order chi connectivity index (χ1) is 14.1. The number of nitrogens with zero attached hydrogens (tertiary/aromatic N) is 2. The van der Waals surface area contributed by atoms with Crippen molar-refractivity contribution in [3.8, 4) is 5.75 Å². The molecule has 1 fully saturated rings. The third-order valence-corrected chi connectivity index (χ3v) is 5.87. The van der Waals surface area contributed by atoms with Gasteiger partial charge < -0.3 is 19.2 Å². The van der Waals surface area contributed by atoms with Crippen molar-refractivity contribution in [3.63, 3.8) is 0 Å². The van der Waals surface area contributed by atoms with Crippen molar-refractivity contribution in [1.29, 1.82) is 0 Å². The average molecular weight is 443 g/mol. The number of halogens is 2. The van der Waals surface area contributed by atoms with Gasteiger partial charge in [-0.2, -0.15) is 8.42 Å². The minimum atomic E-state index is -4.46. The van der Waals surface area contributed by atoms with Crippen LogP contribution in [-0.4, -0.2) is 30.7 Å². The van der Waals surface area contributed by atoms with E-state index in [1.807, 2.05) is 0 Å². The molecule has 0 atom stereocenters. The fourth-order valence-corrected chi connectivity index (χ4v) is 4.48. The number of benzene rings is 1. The van der Waals surface area contributed by atoms with E-state index in [2.05, 4.69) is 4.98 Å². The second-order valence-electron chi connectivity index (χ2n) is 7.49. The van der Waals surface area contributed by atoms with Gasteiger partial charge in [0.25, 0.3) is 0 Å². The first-order valence-electron chi connectivity index (χ1n) is 9.49. The van der Waals surface area contributed by atoms with Crippen LogP contribution in [0.5, 0.6) is 5.75 Å². The molecule has 1 aromatic carbocycles. The Balaban J connectivity index is 2.03. The van der Waals surface area contributed by atoms with E-state index < -0.39 is 33.6 Å². The lowest BCUT2D eigenvalue weighted by Crippen LogP contribution is -2.20. The van der Waals surface area contributed by atoms with Crippen LogP contribution in [0.3, 0.4) is 0 Å². The van der Waals surface area contributed by atoms with E-state index in [9.17, 15) is 22.0 Å². The number of rotatable bonds is 9. The zero-order valence-electron chi connectivity index (χ0n) is 16.6. The van der Waals surface area contributed by atoms with E-state index in [0.717, 1.165) is 25.0 Å². The molecule has 11 heteroatoms.